The smallest absolute Gasteiger partial charge is 0.343 e. The van der Waals surface area contributed by atoms with Gasteiger partial charge in [0.1, 0.15) is 23.2 Å². The number of rotatable bonds is 4. The van der Waals surface area contributed by atoms with Crippen molar-refractivity contribution < 1.29 is 23.9 Å². The van der Waals surface area contributed by atoms with E-state index in [1.54, 1.807) is 13.8 Å². The first kappa shape index (κ1) is 18.8. The second-order valence-electron chi connectivity index (χ2n) is 5.92. The molecule has 2 aromatic rings. The third-order valence-electron chi connectivity index (χ3n) is 4.16. The molecule has 0 amide bonds. The van der Waals surface area contributed by atoms with Gasteiger partial charge in [-0.2, -0.15) is 5.26 Å². The zero-order valence-corrected chi connectivity index (χ0v) is 14.9. The van der Waals surface area contributed by atoms with Gasteiger partial charge in [-0.3, -0.25) is 10.1 Å². The van der Waals surface area contributed by atoms with E-state index in [1.165, 1.54) is 12.1 Å². The number of nitrogens with zero attached hydrogens (tertiary/aromatic N) is 2. The molecule has 0 spiro atoms. The topological polar surface area (TPSA) is 162 Å². The van der Waals surface area contributed by atoms with Crippen LogP contribution in [0, 0.1) is 28.4 Å². The first-order valence-corrected chi connectivity index (χ1v) is 8.14. The highest BCUT2D eigenvalue weighted by molar-refractivity contribution is 5.62. The Kier molecular flexibility index (Phi) is 4.67. The largest absolute Gasteiger partial charge is 0.500 e. The van der Waals surface area contributed by atoms with Gasteiger partial charge in [0.25, 0.3) is 0 Å². The van der Waals surface area contributed by atoms with Gasteiger partial charge in [-0.25, -0.2) is 4.79 Å². The van der Waals surface area contributed by atoms with Crippen molar-refractivity contribution in [1.82, 2.24) is 0 Å². The van der Waals surface area contributed by atoms with Crippen molar-refractivity contribution >= 4 is 5.69 Å². The van der Waals surface area contributed by atoms with Crippen LogP contribution in [0.4, 0.5) is 5.69 Å². The number of phenols is 1. The van der Waals surface area contributed by atoms with E-state index in [2.05, 4.69) is 0 Å². The van der Waals surface area contributed by atoms with Crippen LogP contribution in [-0.4, -0.2) is 16.6 Å². The summed E-state index contributed by atoms with van der Waals surface area (Å²) >= 11 is 0. The fraction of sp³-hybridized carbons (Fsp3) is 0.222. The minimum atomic E-state index is -1.09. The number of aromatic hydroxyl groups is 1. The number of aryl methyl sites for hydroxylation is 1. The van der Waals surface area contributed by atoms with Gasteiger partial charge in [0, 0.05) is 12.1 Å². The van der Waals surface area contributed by atoms with Crippen molar-refractivity contribution in [3.8, 4) is 23.3 Å². The molecule has 0 saturated carbocycles. The van der Waals surface area contributed by atoms with Crippen molar-refractivity contribution in [2.24, 2.45) is 5.73 Å². The maximum Gasteiger partial charge on any atom is 0.343 e. The number of hydrogen-bond donors (Lipinski definition) is 2. The molecule has 0 saturated heterocycles. The third kappa shape index (κ3) is 2.99. The molecule has 1 aromatic carbocycles. The van der Waals surface area contributed by atoms with Gasteiger partial charge in [0.15, 0.2) is 5.75 Å². The molecule has 1 aliphatic rings. The standard InChI is InChI=1S/C18H15N3O7/c1-3-26-13-6-9(5-11(16(13)22)21(24)25)14-10(7-19)17(20)28-12-4-8(2)27-18(23)15(12)14/h4-6,14,22H,3,20H2,1-2H3. The second-order valence-corrected chi connectivity index (χ2v) is 5.92. The summed E-state index contributed by atoms with van der Waals surface area (Å²) in [7, 11) is 0. The monoisotopic (exact) mass is 385 g/mol. The van der Waals surface area contributed by atoms with Crippen LogP contribution in [0.1, 0.15) is 29.7 Å². The lowest BCUT2D eigenvalue weighted by Gasteiger charge is -2.25. The van der Waals surface area contributed by atoms with Crippen LogP contribution < -0.4 is 20.8 Å². The zero-order valence-electron chi connectivity index (χ0n) is 14.9. The maximum atomic E-state index is 12.5. The van der Waals surface area contributed by atoms with E-state index in [9.17, 15) is 25.3 Å². The van der Waals surface area contributed by atoms with Gasteiger partial charge in [0.05, 0.1) is 23.0 Å². The van der Waals surface area contributed by atoms with Gasteiger partial charge >= 0.3 is 11.3 Å². The van der Waals surface area contributed by atoms with Gasteiger partial charge in [-0.15, -0.1) is 0 Å². The van der Waals surface area contributed by atoms with Crippen molar-refractivity contribution in [3.63, 3.8) is 0 Å². The minimum Gasteiger partial charge on any atom is -0.500 e. The predicted molar refractivity (Wildman–Crippen MR) is 94.9 cm³/mol. The third-order valence-corrected chi connectivity index (χ3v) is 4.16. The molecule has 28 heavy (non-hydrogen) atoms. The van der Waals surface area contributed by atoms with E-state index in [1.807, 2.05) is 6.07 Å². The van der Waals surface area contributed by atoms with Gasteiger partial charge in [-0.1, -0.05) is 0 Å². The summed E-state index contributed by atoms with van der Waals surface area (Å²) in [4.78, 5) is 23.1. The van der Waals surface area contributed by atoms with Crippen LogP contribution in [0.2, 0.25) is 0 Å². The summed E-state index contributed by atoms with van der Waals surface area (Å²) in [5.41, 5.74) is 4.44. The summed E-state index contributed by atoms with van der Waals surface area (Å²) < 4.78 is 15.8. The molecule has 0 radical (unpaired) electrons. The molecule has 3 N–H and O–H groups in total. The summed E-state index contributed by atoms with van der Waals surface area (Å²) in [6.07, 6.45) is 0. The normalized spacial score (nSPS) is 15.4. The van der Waals surface area contributed by atoms with E-state index >= 15 is 0 Å². The Labute approximate surface area is 158 Å². The second kappa shape index (κ2) is 6.96. The number of nitrogens with two attached hydrogens (primary N) is 1. The van der Waals surface area contributed by atoms with Crippen LogP contribution in [0.25, 0.3) is 0 Å². The molecule has 144 valence electrons. The Morgan fingerprint density at radius 2 is 2.14 bits per heavy atom. The Balaban J connectivity index is 2.35. The Hall–Kier alpha value is -4.00. The molecule has 0 bridgehead atoms. The fourth-order valence-electron chi connectivity index (χ4n) is 3.04. The number of fused-ring (bicyclic) bond motifs is 1. The number of nitro groups is 1. The Morgan fingerprint density at radius 3 is 2.75 bits per heavy atom. The molecule has 3 rings (SSSR count). The lowest BCUT2D eigenvalue weighted by Crippen LogP contribution is -2.26. The number of phenolic OH excluding ortho intramolecular Hbond substituents is 1. The van der Waals surface area contributed by atoms with E-state index in [0.717, 1.165) is 6.07 Å². The molecule has 0 fully saturated rings. The van der Waals surface area contributed by atoms with Crippen molar-refractivity contribution in [2.45, 2.75) is 19.8 Å². The Bertz CT molecular complexity index is 1110. The molecule has 1 atom stereocenters. The average molecular weight is 385 g/mol. The number of hydrogen-bond acceptors (Lipinski definition) is 9. The highest BCUT2D eigenvalue weighted by atomic mass is 16.6. The van der Waals surface area contributed by atoms with Crippen molar-refractivity contribution in [2.75, 3.05) is 6.61 Å². The van der Waals surface area contributed by atoms with Crippen LogP contribution in [0.15, 0.2) is 38.9 Å². The van der Waals surface area contributed by atoms with Crippen LogP contribution >= 0.6 is 0 Å². The van der Waals surface area contributed by atoms with E-state index in [0.29, 0.717) is 0 Å². The summed E-state index contributed by atoms with van der Waals surface area (Å²) in [6.45, 7) is 3.30. The molecule has 10 heteroatoms. The van der Waals surface area contributed by atoms with Gasteiger partial charge in [-0.05, 0) is 25.5 Å². The molecular formula is C18H15N3O7. The highest BCUT2D eigenvalue weighted by Gasteiger charge is 2.36. The number of nitro benzene ring substituents is 1. The lowest BCUT2D eigenvalue weighted by atomic mass is 9.84. The molecule has 1 aliphatic heterocycles. The van der Waals surface area contributed by atoms with Crippen LogP contribution in [-0.2, 0) is 0 Å². The van der Waals surface area contributed by atoms with Crippen LogP contribution in [0.3, 0.4) is 0 Å². The first-order valence-electron chi connectivity index (χ1n) is 8.14. The molecule has 1 unspecified atom stereocenters. The molecule has 0 aliphatic carbocycles. The summed E-state index contributed by atoms with van der Waals surface area (Å²) in [5.74, 6) is -1.80. The lowest BCUT2D eigenvalue weighted by molar-refractivity contribution is -0.386. The zero-order chi connectivity index (χ0) is 20.6. The molecular weight excluding hydrogens is 370 g/mol. The Morgan fingerprint density at radius 1 is 1.43 bits per heavy atom. The number of ether oxygens (including phenoxy) is 2. The van der Waals surface area contributed by atoms with Crippen molar-refractivity contribution in [1.29, 1.82) is 5.26 Å². The predicted octanol–water partition coefficient (Wildman–Crippen LogP) is 2.18. The fourth-order valence-corrected chi connectivity index (χ4v) is 3.04. The highest BCUT2D eigenvalue weighted by Crippen LogP contribution is 2.45. The number of allylic oxidation sites excluding steroid dienone is 1. The van der Waals surface area contributed by atoms with Crippen LogP contribution in [0.5, 0.6) is 17.2 Å². The molecule has 10 nitrogen and oxygen atoms in total. The number of nitriles is 1. The first-order chi connectivity index (χ1) is 13.3. The van der Waals surface area contributed by atoms with Gasteiger partial charge in [0.2, 0.25) is 11.6 Å². The van der Waals surface area contributed by atoms with E-state index < -0.39 is 27.9 Å². The van der Waals surface area contributed by atoms with Gasteiger partial charge < -0.3 is 24.7 Å². The molecule has 1 aromatic heterocycles. The van der Waals surface area contributed by atoms with E-state index in [4.69, 9.17) is 19.6 Å². The maximum absolute atomic E-state index is 12.5. The molecule has 2 heterocycles. The quantitative estimate of drug-likeness (QED) is 0.593. The van der Waals surface area contributed by atoms with Crippen molar-refractivity contribution in [3.05, 3.63) is 67.1 Å². The minimum absolute atomic E-state index is 0.0289. The summed E-state index contributed by atoms with van der Waals surface area (Å²) in [6, 6.07) is 5.68. The SMILES string of the molecule is CCOc1cc(C2C(C#N)=C(N)Oc3cc(C)oc(=O)c32)cc([N+](=O)[O-])c1O. The van der Waals surface area contributed by atoms with E-state index in [-0.39, 0.29) is 46.4 Å². The average Bonchev–Trinajstić information content (AvgIpc) is 2.62. The summed E-state index contributed by atoms with van der Waals surface area (Å²) in [5, 5.41) is 31.0. The number of benzene rings is 1.